The van der Waals surface area contributed by atoms with Gasteiger partial charge in [0.1, 0.15) is 18.1 Å². The number of urea groups is 1. The van der Waals surface area contributed by atoms with Crippen LogP contribution < -0.4 is 0 Å². The van der Waals surface area contributed by atoms with Crippen LogP contribution in [0.15, 0.2) is 45.9 Å². The second-order valence-electron chi connectivity index (χ2n) is 8.66. The van der Waals surface area contributed by atoms with E-state index in [0.717, 1.165) is 44.7 Å². The van der Waals surface area contributed by atoms with E-state index in [1.54, 1.807) is 18.2 Å². The lowest BCUT2D eigenvalue weighted by Crippen LogP contribution is -2.49. The molecule has 0 radical (unpaired) electrons. The first-order valence-electron chi connectivity index (χ1n) is 11.4. The van der Waals surface area contributed by atoms with Gasteiger partial charge < -0.3 is 9.32 Å². The van der Waals surface area contributed by atoms with E-state index in [-0.39, 0.29) is 18.5 Å². The molecular weight excluding hydrogens is 442 g/mol. The highest BCUT2D eigenvalue weighted by molar-refractivity contribution is 6.30. The number of hydrazone groups is 1. The van der Waals surface area contributed by atoms with Gasteiger partial charge in [-0.2, -0.15) is 5.10 Å². The topological polar surface area (TPSA) is 72.6 Å². The maximum Gasteiger partial charge on any atom is 0.347 e. The van der Waals surface area contributed by atoms with E-state index >= 15 is 0 Å². The summed E-state index contributed by atoms with van der Waals surface area (Å²) in [7, 11) is 0. The summed E-state index contributed by atoms with van der Waals surface area (Å²) in [6, 6.07) is 11.1. The van der Waals surface area contributed by atoms with Gasteiger partial charge >= 0.3 is 6.03 Å². The van der Waals surface area contributed by atoms with Crippen LogP contribution in [0.25, 0.3) is 11.3 Å². The number of piperazine rings is 1. The summed E-state index contributed by atoms with van der Waals surface area (Å²) < 4.78 is 5.77. The molecule has 3 amide bonds. The van der Waals surface area contributed by atoms with Crippen LogP contribution in [0.2, 0.25) is 5.02 Å². The Morgan fingerprint density at radius 1 is 1.03 bits per heavy atom. The van der Waals surface area contributed by atoms with E-state index in [2.05, 4.69) is 28.7 Å². The molecule has 2 saturated heterocycles. The number of hydrogen-bond acceptors (Lipinski definition) is 6. The molecular formula is C24H30ClN5O3. The Morgan fingerprint density at radius 2 is 1.76 bits per heavy atom. The van der Waals surface area contributed by atoms with E-state index in [9.17, 15) is 9.59 Å². The Morgan fingerprint density at radius 3 is 2.45 bits per heavy atom. The highest BCUT2D eigenvalue weighted by Crippen LogP contribution is 2.23. The molecule has 2 aliphatic heterocycles. The molecule has 0 atom stereocenters. The van der Waals surface area contributed by atoms with Crippen LogP contribution in [0.4, 0.5) is 4.79 Å². The fourth-order valence-corrected chi connectivity index (χ4v) is 4.24. The molecule has 4 rings (SSSR count). The van der Waals surface area contributed by atoms with Gasteiger partial charge in [-0.1, -0.05) is 11.6 Å². The van der Waals surface area contributed by atoms with Gasteiger partial charge in [0.15, 0.2) is 0 Å². The minimum absolute atomic E-state index is 0.0485. The van der Waals surface area contributed by atoms with Crippen LogP contribution in [0, 0.1) is 0 Å². The Bertz CT molecular complexity index is 996. The van der Waals surface area contributed by atoms with Crippen molar-refractivity contribution < 1.29 is 14.0 Å². The van der Waals surface area contributed by atoms with Crippen molar-refractivity contribution >= 4 is 29.8 Å². The average Bonchev–Trinajstić information content (AvgIpc) is 3.38. The van der Waals surface area contributed by atoms with Crippen molar-refractivity contribution in [2.45, 2.75) is 26.3 Å². The lowest BCUT2D eigenvalue weighted by molar-refractivity contribution is -0.125. The lowest BCUT2D eigenvalue weighted by Gasteiger charge is -2.37. The predicted octanol–water partition coefficient (Wildman–Crippen LogP) is 3.61. The first-order valence-corrected chi connectivity index (χ1v) is 11.8. The molecule has 33 heavy (non-hydrogen) atoms. The number of imide groups is 1. The largest absolute Gasteiger partial charge is 0.455 e. The van der Waals surface area contributed by atoms with E-state index < -0.39 is 0 Å². The molecule has 2 aromatic rings. The van der Waals surface area contributed by atoms with Crippen LogP contribution in [0.5, 0.6) is 0 Å². The quantitative estimate of drug-likeness (QED) is 0.434. The van der Waals surface area contributed by atoms with Gasteiger partial charge in [-0.15, -0.1) is 0 Å². The van der Waals surface area contributed by atoms with Gasteiger partial charge in [0.25, 0.3) is 5.91 Å². The average molecular weight is 472 g/mol. The van der Waals surface area contributed by atoms with Crippen molar-refractivity contribution in [3.8, 4) is 11.3 Å². The molecule has 8 nitrogen and oxygen atoms in total. The van der Waals surface area contributed by atoms with Crippen LogP contribution in [0.1, 0.15) is 26.0 Å². The first-order chi connectivity index (χ1) is 15.9. The fraction of sp³-hybridized carbons (Fsp3) is 0.458. The fourth-order valence-electron chi connectivity index (χ4n) is 4.11. The highest BCUT2D eigenvalue weighted by Gasteiger charge is 2.35. The summed E-state index contributed by atoms with van der Waals surface area (Å²) >= 11 is 5.93. The van der Waals surface area contributed by atoms with Crippen molar-refractivity contribution in [1.29, 1.82) is 0 Å². The molecule has 0 bridgehead atoms. The van der Waals surface area contributed by atoms with Crippen molar-refractivity contribution in [2.24, 2.45) is 5.10 Å². The molecule has 0 unspecified atom stereocenters. The molecule has 2 fully saturated rings. The zero-order valence-electron chi connectivity index (χ0n) is 19.1. The van der Waals surface area contributed by atoms with Crippen molar-refractivity contribution in [3.63, 3.8) is 0 Å². The molecule has 176 valence electrons. The summed E-state index contributed by atoms with van der Waals surface area (Å²) in [5, 5.41) is 6.03. The van der Waals surface area contributed by atoms with Gasteiger partial charge in [-0.25, -0.2) is 9.80 Å². The molecule has 0 aliphatic carbocycles. The van der Waals surface area contributed by atoms with Crippen molar-refractivity contribution in [3.05, 3.63) is 47.2 Å². The molecule has 0 spiro atoms. The minimum Gasteiger partial charge on any atom is -0.455 e. The van der Waals surface area contributed by atoms with Gasteiger partial charge in [0.05, 0.1) is 6.21 Å². The molecule has 9 heteroatoms. The monoisotopic (exact) mass is 471 g/mol. The molecule has 1 aromatic carbocycles. The number of nitrogens with zero attached hydrogens (tertiary/aromatic N) is 5. The Labute approximate surface area is 199 Å². The van der Waals surface area contributed by atoms with Crippen LogP contribution >= 0.6 is 11.6 Å². The first kappa shape index (κ1) is 23.5. The van der Waals surface area contributed by atoms with E-state index in [0.29, 0.717) is 29.1 Å². The summed E-state index contributed by atoms with van der Waals surface area (Å²) in [4.78, 5) is 31.2. The van der Waals surface area contributed by atoms with E-state index in [1.807, 2.05) is 18.2 Å². The molecule has 0 N–H and O–H groups in total. The van der Waals surface area contributed by atoms with Gasteiger partial charge in [0, 0.05) is 49.4 Å². The molecule has 1 aromatic heterocycles. The molecule has 3 heterocycles. The normalized spacial score (nSPS) is 18.4. The Hall–Kier alpha value is -2.68. The third kappa shape index (κ3) is 5.82. The minimum atomic E-state index is -0.384. The Kier molecular flexibility index (Phi) is 7.47. The van der Waals surface area contributed by atoms with Crippen LogP contribution in [-0.2, 0) is 4.79 Å². The third-order valence-electron chi connectivity index (χ3n) is 6.11. The number of hydrogen-bond donors (Lipinski definition) is 0. The molecule has 0 saturated carbocycles. The number of carbonyl (C=O) groups is 2. The van der Waals surface area contributed by atoms with Crippen molar-refractivity contribution in [2.75, 3.05) is 45.8 Å². The number of furan rings is 1. The zero-order chi connectivity index (χ0) is 23.4. The highest BCUT2D eigenvalue weighted by atomic mass is 35.5. The van der Waals surface area contributed by atoms with E-state index in [1.165, 1.54) is 16.1 Å². The lowest BCUT2D eigenvalue weighted by atomic mass is 10.2. The number of amides is 3. The second-order valence-corrected chi connectivity index (χ2v) is 9.10. The summed E-state index contributed by atoms with van der Waals surface area (Å²) in [5.41, 5.74) is 0.892. The number of carbonyl (C=O) groups excluding carboxylic acids is 2. The summed E-state index contributed by atoms with van der Waals surface area (Å²) in [6.45, 7) is 9.87. The molecule has 2 aliphatic rings. The predicted molar refractivity (Wildman–Crippen MR) is 128 cm³/mol. The third-order valence-corrected chi connectivity index (χ3v) is 6.36. The van der Waals surface area contributed by atoms with Crippen LogP contribution in [-0.4, -0.2) is 89.7 Å². The SMILES string of the molecule is CC(C)N1CCN(CCCN2C(=O)CN(/N=C/c3ccc(-c4ccc(Cl)cc4)o3)C2=O)CC1. The zero-order valence-corrected chi connectivity index (χ0v) is 19.9. The Balaban J connectivity index is 1.26. The van der Waals surface area contributed by atoms with Gasteiger partial charge in [0.2, 0.25) is 0 Å². The second kappa shape index (κ2) is 10.5. The maximum atomic E-state index is 12.6. The number of benzene rings is 1. The number of rotatable bonds is 8. The summed E-state index contributed by atoms with van der Waals surface area (Å²) in [6.07, 6.45) is 2.22. The standard InChI is InChI=1S/C24H30ClN5O3/c1-18(2)28-14-12-27(13-15-28)10-3-11-29-23(31)17-30(24(29)32)26-16-21-8-9-22(33-21)19-4-6-20(25)7-5-19/h4-9,16,18H,3,10-15,17H2,1-2H3/b26-16+. The number of halogens is 1. The van der Waals surface area contributed by atoms with Crippen LogP contribution in [0.3, 0.4) is 0 Å². The van der Waals surface area contributed by atoms with Gasteiger partial charge in [-0.05, 0) is 63.2 Å². The maximum absolute atomic E-state index is 12.6. The van der Waals surface area contributed by atoms with Crippen molar-refractivity contribution in [1.82, 2.24) is 19.7 Å². The smallest absolute Gasteiger partial charge is 0.347 e. The summed E-state index contributed by atoms with van der Waals surface area (Å²) in [5.74, 6) is 0.954. The van der Waals surface area contributed by atoms with E-state index in [4.69, 9.17) is 16.0 Å². The van der Waals surface area contributed by atoms with Gasteiger partial charge in [-0.3, -0.25) is 14.6 Å².